The zero-order valence-electron chi connectivity index (χ0n) is 13.5. The van der Waals surface area contributed by atoms with Gasteiger partial charge in [0.25, 0.3) is 0 Å². The van der Waals surface area contributed by atoms with Crippen molar-refractivity contribution < 1.29 is 17.9 Å². The van der Waals surface area contributed by atoms with Crippen molar-refractivity contribution in [2.75, 3.05) is 13.2 Å². The summed E-state index contributed by atoms with van der Waals surface area (Å²) in [7, 11) is -2.93. The molecule has 1 fully saturated rings. The molecule has 2 bridgehead atoms. The number of fused-ring (bicyclic) bond motifs is 2. The van der Waals surface area contributed by atoms with Gasteiger partial charge >= 0.3 is 0 Å². The van der Waals surface area contributed by atoms with Crippen molar-refractivity contribution in [3.63, 3.8) is 0 Å². The summed E-state index contributed by atoms with van der Waals surface area (Å²) in [6.45, 7) is 3.10. The molecular formula is C18H24O4S. The lowest BCUT2D eigenvalue weighted by Crippen LogP contribution is -2.39. The molecule has 0 spiro atoms. The minimum Gasteiger partial charge on any atom is -0.490 e. The maximum Gasteiger partial charge on any atom is 0.161 e. The number of sulfone groups is 1. The summed E-state index contributed by atoms with van der Waals surface area (Å²) in [6.07, 6.45) is 6.04. The van der Waals surface area contributed by atoms with Gasteiger partial charge in [0, 0.05) is 6.42 Å². The van der Waals surface area contributed by atoms with E-state index in [4.69, 9.17) is 9.47 Å². The van der Waals surface area contributed by atoms with Crippen LogP contribution in [0.2, 0.25) is 0 Å². The summed E-state index contributed by atoms with van der Waals surface area (Å²) in [5, 5.41) is -0.433. The summed E-state index contributed by atoms with van der Waals surface area (Å²) >= 11 is 0. The van der Waals surface area contributed by atoms with Crippen LogP contribution in [0.25, 0.3) is 0 Å². The largest absolute Gasteiger partial charge is 0.490 e. The highest BCUT2D eigenvalue weighted by Gasteiger charge is 2.39. The van der Waals surface area contributed by atoms with Crippen molar-refractivity contribution in [3.05, 3.63) is 35.9 Å². The molecule has 5 heteroatoms. The number of benzene rings is 1. The fraction of sp³-hybridized carbons (Fsp3) is 0.556. The Morgan fingerprint density at radius 1 is 1.13 bits per heavy atom. The highest BCUT2D eigenvalue weighted by Crippen LogP contribution is 2.36. The lowest BCUT2D eigenvalue weighted by Gasteiger charge is -2.33. The molecule has 2 atom stereocenters. The number of hydrogen-bond donors (Lipinski definition) is 0. The fourth-order valence-corrected chi connectivity index (χ4v) is 5.78. The van der Waals surface area contributed by atoms with E-state index in [9.17, 15) is 8.42 Å². The molecule has 0 saturated carbocycles. The third-order valence-corrected chi connectivity index (χ3v) is 7.19. The van der Waals surface area contributed by atoms with Crippen molar-refractivity contribution in [1.82, 2.24) is 0 Å². The Morgan fingerprint density at radius 2 is 1.87 bits per heavy atom. The minimum atomic E-state index is -2.93. The fourth-order valence-electron chi connectivity index (χ4n) is 3.46. The molecule has 1 saturated heterocycles. The van der Waals surface area contributed by atoms with Crippen molar-refractivity contribution in [3.8, 4) is 11.5 Å². The van der Waals surface area contributed by atoms with Crippen LogP contribution >= 0.6 is 0 Å². The van der Waals surface area contributed by atoms with E-state index in [1.165, 1.54) is 5.57 Å². The second kappa shape index (κ2) is 6.95. The predicted molar refractivity (Wildman–Crippen MR) is 90.8 cm³/mol. The maximum absolute atomic E-state index is 12.3. The van der Waals surface area contributed by atoms with E-state index in [2.05, 4.69) is 0 Å². The first-order valence-corrected chi connectivity index (χ1v) is 9.99. The highest BCUT2D eigenvalue weighted by atomic mass is 32.2. The summed E-state index contributed by atoms with van der Waals surface area (Å²) in [5.74, 6) is 1.51. The highest BCUT2D eigenvalue weighted by molar-refractivity contribution is 7.92. The molecule has 0 aliphatic carbocycles. The van der Waals surface area contributed by atoms with Crippen LogP contribution in [0.3, 0.4) is 0 Å². The van der Waals surface area contributed by atoms with Crippen LogP contribution in [0.5, 0.6) is 11.5 Å². The van der Waals surface area contributed by atoms with Crippen LogP contribution in [0.15, 0.2) is 35.9 Å². The van der Waals surface area contributed by atoms with Gasteiger partial charge in [0.2, 0.25) is 0 Å². The molecule has 4 nitrogen and oxygen atoms in total. The van der Waals surface area contributed by atoms with Crippen LogP contribution in [-0.2, 0) is 9.84 Å². The molecule has 0 radical (unpaired) electrons. The van der Waals surface area contributed by atoms with Gasteiger partial charge in [-0.05, 0) is 38.3 Å². The normalized spacial score (nSPS) is 25.5. The zero-order chi connectivity index (χ0) is 16.3. The van der Waals surface area contributed by atoms with Gasteiger partial charge < -0.3 is 9.47 Å². The molecule has 2 aliphatic heterocycles. The van der Waals surface area contributed by atoms with Crippen molar-refractivity contribution in [2.24, 2.45) is 0 Å². The van der Waals surface area contributed by atoms with Gasteiger partial charge in [0.05, 0.1) is 23.7 Å². The summed E-state index contributed by atoms with van der Waals surface area (Å²) in [4.78, 5) is 0. The number of para-hydroxylation sites is 2. The van der Waals surface area contributed by atoms with Gasteiger partial charge in [0.15, 0.2) is 21.3 Å². The number of ether oxygens (including phenoxy) is 2. The standard InChI is InChI=1S/C18H24O4S/c1-2-21-17-8-3-4-9-18(17)22-11-10-14-12-15-6-5-7-16(13-14)23(15,19)20/h3-4,8-9,12,15-16H,2,5-7,10-11,13H2,1H3. The summed E-state index contributed by atoms with van der Waals surface area (Å²) in [5.41, 5.74) is 1.23. The molecule has 126 valence electrons. The van der Waals surface area contributed by atoms with Gasteiger partial charge in [0.1, 0.15) is 0 Å². The number of hydrogen-bond acceptors (Lipinski definition) is 4. The van der Waals surface area contributed by atoms with Crippen molar-refractivity contribution >= 4 is 9.84 Å². The Bertz CT molecular complexity index is 678. The molecule has 1 aromatic carbocycles. The second-order valence-electron chi connectivity index (χ2n) is 6.19. The summed E-state index contributed by atoms with van der Waals surface area (Å²) in [6, 6.07) is 7.65. The maximum atomic E-state index is 12.3. The molecule has 1 aromatic rings. The van der Waals surface area contributed by atoms with Gasteiger partial charge in [-0.15, -0.1) is 0 Å². The predicted octanol–water partition coefficient (Wildman–Crippen LogP) is 3.52. The molecule has 3 rings (SSSR count). The zero-order valence-corrected chi connectivity index (χ0v) is 14.3. The van der Waals surface area contributed by atoms with Crippen LogP contribution in [0.4, 0.5) is 0 Å². The molecule has 2 heterocycles. The van der Waals surface area contributed by atoms with E-state index >= 15 is 0 Å². The monoisotopic (exact) mass is 336 g/mol. The smallest absolute Gasteiger partial charge is 0.161 e. The Kier molecular flexibility index (Phi) is 4.95. The minimum absolute atomic E-state index is 0.169. The average Bonchev–Trinajstić information content (AvgIpc) is 2.49. The quantitative estimate of drug-likeness (QED) is 0.746. The third kappa shape index (κ3) is 3.55. The van der Waals surface area contributed by atoms with E-state index < -0.39 is 9.84 Å². The third-order valence-electron chi connectivity index (χ3n) is 4.64. The Balaban J connectivity index is 1.61. The van der Waals surface area contributed by atoms with Gasteiger partial charge in [-0.3, -0.25) is 0 Å². The van der Waals surface area contributed by atoms with Crippen LogP contribution in [0, 0.1) is 0 Å². The van der Waals surface area contributed by atoms with E-state index in [0.29, 0.717) is 19.6 Å². The van der Waals surface area contributed by atoms with Gasteiger partial charge in [-0.2, -0.15) is 0 Å². The Hall–Kier alpha value is -1.49. The molecule has 0 N–H and O–H groups in total. The molecule has 2 unspecified atom stereocenters. The van der Waals surface area contributed by atoms with Crippen LogP contribution in [-0.4, -0.2) is 32.1 Å². The summed E-state index contributed by atoms with van der Waals surface area (Å²) < 4.78 is 35.9. The second-order valence-corrected chi connectivity index (χ2v) is 8.64. The Morgan fingerprint density at radius 3 is 2.57 bits per heavy atom. The number of rotatable bonds is 6. The lowest BCUT2D eigenvalue weighted by molar-refractivity contribution is 0.278. The first kappa shape index (κ1) is 16.4. The first-order valence-electron chi connectivity index (χ1n) is 8.38. The van der Waals surface area contributed by atoms with Crippen LogP contribution < -0.4 is 9.47 Å². The van der Waals surface area contributed by atoms with E-state index in [0.717, 1.165) is 37.2 Å². The average molecular weight is 336 g/mol. The van der Waals surface area contributed by atoms with E-state index in [1.807, 2.05) is 37.3 Å². The van der Waals surface area contributed by atoms with Crippen molar-refractivity contribution in [1.29, 1.82) is 0 Å². The van der Waals surface area contributed by atoms with E-state index in [1.54, 1.807) is 0 Å². The van der Waals surface area contributed by atoms with E-state index in [-0.39, 0.29) is 10.5 Å². The first-order chi connectivity index (χ1) is 11.1. The molecule has 2 aliphatic rings. The van der Waals surface area contributed by atoms with Crippen molar-refractivity contribution in [2.45, 2.75) is 49.5 Å². The SMILES string of the molecule is CCOc1ccccc1OCCC1=CC2CCCC(C1)S2(=O)=O. The molecule has 0 aromatic heterocycles. The van der Waals surface area contributed by atoms with Gasteiger partial charge in [-0.25, -0.2) is 8.42 Å². The molecule has 0 amide bonds. The van der Waals surface area contributed by atoms with Gasteiger partial charge in [-0.1, -0.05) is 30.2 Å². The lowest BCUT2D eigenvalue weighted by atomic mass is 9.96. The molecular weight excluding hydrogens is 312 g/mol. The Labute approximate surface area is 138 Å². The van der Waals surface area contributed by atoms with Crippen LogP contribution in [0.1, 0.15) is 39.0 Å². The molecule has 23 heavy (non-hydrogen) atoms. The topological polar surface area (TPSA) is 52.6 Å².